The largest absolute Gasteiger partial charge is 0.394 e. The predicted octanol–water partition coefficient (Wildman–Crippen LogP) is 4.55. The molecule has 0 aromatic heterocycles. The number of hydrogen-bond donors (Lipinski definition) is 1. The second-order valence-electron chi connectivity index (χ2n) is 11.9. The van der Waals surface area contributed by atoms with Gasteiger partial charge in [-0.05, 0) is 48.9 Å². The van der Waals surface area contributed by atoms with Gasteiger partial charge in [0.2, 0.25) is 11.8 Å². The van der Waals surface area contributed by atoms with Gasteiger partial charge in [-0.2, -0.15) is 0 Å². The van der Waals surface area contributed by atoms with Crippen molar-refractivity contribution < 1.29 is 24.2 Å². The third-order valence-electron chi connectivity index (χ3n) is 9.39. The van der Waals surface area contributed by atoms with Crippen molar-refractivity contribution in [2.75, 3.05) is 29.5 Å². The summed E-state index contributed by atoms with van der Waals surface area (Å²) >= 11 is 6.16. The zero-order valence-corrected chi connectivity index (χ0v) is 24.9. The van der Waals surface area contributed by atoms with Crippen LogP contribution in [0.3, 0.4) is 0 Å². The van der Waals surface area contributed by atoms with Crippen LogP contribution in [0.4, 0.5) is 11.4 Å². The molecular weight excluding hydrogens is 578 g/mol. The van der Waals surface area contributed by atoms with E-state index < -0.39 is 47.6 Å². The summed E-state index contributed by atoms with van der Waals surface area (Å²) in [5, 5.41) is 11.3. The summed E-state index contributed by atoms with van der Waals surface area (Å²) in [4.78, 5) is 49.0. The number of aliphatic hydroxyl groups is 1. The summed E-state index contributed by atoms with van der Waals surface area (Å²) in [6, 6.07) is 23.5. The summed E-state index contributed by atoms with van der Waals surface area (Å²) in [5.74, 6) is -2.95. The van der Waals surface area contributed by atoms with E-state index in [1.165, 1.54) is 4.90 Å². The van der Waals surface area contributed by atoms with Gasteiger partial charge in [0, 0.05) is 29.5 Å². The Hall–Kier alpha value is -4.24. The fraction of sp³-hybridized carbons (Fsp3) is 0.286. The quantitative estimate of drug-likeness (QED) is 0.429. The minimum absolute atomic E-state index is 0.229. The van der Waals surface area contributed by atoms with Crippen molar-refractivity contribution in [3.63, 3.8) is 0 Å². The Bertz CT molecular complexity index is 1660. The maximum Gasteiger partial charge on any atom is 0.253 e. The first kappa shape index (κ1) is 28.5. The van der Waals surface area contributed by atoms with Gasteiger partial charge < -0.3 is 24.5 Å². The van der Waals surface area contributed by atoms with Gasteiger partial charge in [0.25, 0.3) is 5.91 Å². The summed E-state index contributed by atoms with van der Waals surface area (Å²) < 4.78 is 6.95. The molecule has 2 saturated heterocycles. The Balaban J connectivity index is 1.40. The van der Waals surface area contributed by atoms with Gasteiger partial charge in [-0.3, -0.25) is 14.4 Å². The van der Waals surface area contributed by atoms with Gasteiger partial charge in [0.05, 0.1) is 30.1 Å². The number of benzene rings is 3. The van der Waals surface area contributed by atoms with Crippen LogP contribution in [0.2, 0.25) is 5.02 Å². The highest BCUT2D eigenvalue weighted by atomic mass is 35.5. The molecule has 4 aliphatic rings. The molecule has 0 bridgehead atoms. The first-order valence-electron chi connectivity index (χ1n) is 14.8. The molecule has 44 heavy (non-hydrogen) atoms. The van der Waals surface area contributed by atoms with Crippen LogP contribution in [0, 0.1) is 11.8 Å². The van der Waals surface area contributed by atoms with Crippen LogP contribution in [0.5, 0.6) is 0 Å². The number of amides is 3. The molecule has 4 aliphatic heterocycles. The van der Waals surface area contributed by atoms with Crippen molar-refractivity contribution in [1.29, 1.82) is 0 Å². The van der Waals surface area contributed by atoms with Crippen LogP contribution in [-0.4, -0.2) is 64.7 Å². The maximum atomic E-state index is 14.9. The number of anilines is 2. The minimum Gasteiger partial charge on any atom is -0.394 e. The first-order valence-corrected chi connectivity index (χ1v) is 15.1. The van der Waals surface area contributed by atoms with Crippen LogP contribution in [0.25, 0.3) is 0 Å². The molecule has 0 radical (unpaired) electrons. The second kappa shape index (κ2) is 10.7. The lowest BCUT2D eigenvalue weighted by molar-refractivity contribution is -0.148. The Morgan fingerprint density at radius 2 is 1.39 bits per heavy atom. The molecular formula is C35H32ClN3O5. The van der Waals surface area contributed by atoms with Gasteiger partial charge >= 0.3 is 0 Å². The van der Waals surface area contributed by atoms with E-state index in [4.69, 9.17) is 16.3 Å². The summed E-state index contributed by atoms with van der Waals surface area (Å²) in [5.41, 5.74) is -0.617. The van der Waals surface area contributed by atoms with Crippen LogP contribution >= 0.6 is 11.6 Å². The van der Waals surface area contributed by atoms with Gasteiger partial charge in [0.1, 0.15) is 11.6 Å². The van der Waals surface area contributed by atoms with Crippen LogP contribution in [-0.2, 0) is 19.1 Å². The topological polar surface area (TPSA) is 90.4 Å². The minimum atomic E-state index is -1.46. The SMILES string of the molecule is C[C@@]12C=CCN(c3ccccc3)C(=O)[C@@H]1[C@H]1C(=O)N([C@H](CO)c3ccccc3)C3C(=O)N(c4ccc(Cl)cc4)CC=C[C@@]31O2. The van der Waals surface area contributed by atoms with E-state index >= 15 is 0 Å². The molecule has 9 heteroatoms. The molecule has 3 aromatic carbocycles. The van der Waals surface area contributed by atoms with E-state index in [1.807, 2.05) is 85.8 Å². The van der Waals surface area contributed by atoms with Crippen molar-refractivity contribution in [1.82, 2.24) is 4.90 Å². The molecule has 3 amide bonds. The van der Waals surface area contributed by atoms with Crippen molar-refractivity contribution in [2.24, 2.45) is 11.8 Å². The van der Waals surface area contributed by atoms with Crippen LogP contribution in [0.1, 0.15) is 18.5 Å². The molecule has 1 unspecified atom stereocenters. The number of likely N-dealkylation sites (tertiary alicyclic amines) is 1. The molecule has 2 fully saturated rings. The van der Waals surface area contributed by atoms with Crippen molar-refractivity contribution in [3.8, 4) is 0 Å². The number of ether oxygens (including phenoxy) is 1. The van der Waals surface area contributed by atoms with Gasteiger partial charge in [0.15, 0.2) is 0 Å². The average Bonchev–Trinajstić information content (AvgIpc) is 3.30. The smallest absolute Gasteiger partial charge is 0.253 e. The van der Waals surface area contributed by atoms with E-state index in [1.54, 1.807) is 40.1 Å². The van der Waals surface area contributed by atoms with Crippen molar-refractivity contribution >= 4 is 40.7 Å². The third kappa shape index (κ3) is 4.24. The molecule has 4 heterocycles. The van der Waals surface area contributed by atoms with Crippen LogP contribution < -0.4 is 9.80 Å². The highest BCUT2D eigenvalue weighted by molar-refractivity contribution is 6.30. The molecule has 0 saturated carbocycles. The lowest BCUT2D eigenvalue weighted by Crippen LogP contribution is -2.57. The maximum absolute atomic E-state index is 14.9. The molecule has 6 atom stereocenters. The number of carbonyl (C=O) groups is 3. The molecule has 224 valence electrons. The van der Waals surface area contributed by atoms with E-state index in [-0.39, 0.29) is 18.4 Å². The summed E-state index contributed by atoms with van der Waals surface area (Å²) in [7, 11) is 0. The Morgan fingerprint density at radius 1 is 0.795 bits per heavy atom. The zero-order chi connectivity index (χ0) is 30.6. The number of rotatable bonds is 5. The number of para-hydroxylation sites is 1. The van der Waals surface area contributed by atoms with Crippen LogP contribution in [0.15, 0.2) is 109 Å². The second-order valence-corrected chi connectivity index (χ2v) is 12.3. The lowest BCUT2D eigenvalue weighted by Gasteiger charge is -2.40. The number of halogens is 1. The lowest BCUT2D eigenvalue weighted by atomic mass is 9.74. The number of fused-ring (bicyclic) bond motifs is 2. The highest BCUT2D eigenvalue weighted by Crippen LogP contribution is 2.59. The number of hydrogen-bond acceptors (Lipinski definition) is 5. The molecule has 7 rings (SSSR count). The number of nitrogens with zero attached hydrogens (tertiary/aromatic N) is 3. The predicted molar refractivity (Wildman–Crippen MR) is 167 cm³/mol. The van der Waals surface area contributed by atoms with E-state index in [2.05, 4.69) is 0 Å². The fourth-order valence-electron chi connectivity index (χ4n) is 7.52. The Kier molecular flexibility index (Phi) is 6.96. The highest BCUT2D eigenvalue weighted by Gasteiger charge is 2.75. The summed E-state index contributed by atoms with van der Waals surface area (Å²) in [6.45, 7) is 1.96. The fourth-order valence-corrected chi connectivity index (χ4v) is 7.65. The monoisotopic (exact) mass is 609 g/mol. The Morgan fingerprint density at radius 3 is 2.05 bits per heavy atom. The number of carbonyl (C=O) groups excluding carboxylic acids is 3. The third-order valence-corrected chi connectivity index (χ3v) is 9.65. The Labute approximate surface area is 260 Å². The molecule has 3 aromatic rings. The zero-order valence-electron chi connectivity index (χ0n) is 24.1. The molecule has 8 nitrogen and oxygen atoms in total. The normalized spacial score (nSPS) is 30.1. The number of aliphatic hydroxyl groups excluding tert-OH is 1. The summed E-state index contributed by atoms with van der Waals surface area (Å²) in [6.07, 6.45) is 7.40. The molecule has 0 aliphatic carbocycles. The van der Waals surface area contributed by atoms with Gasteiger partial charge in [-0.15, -0.1) is 0 Å². The van der Waals surface area contributed by atoms with Crippen molar-refractivity contribution in [3.05, 3.63) is 120 Å². The van der Waals surface area contributed by atoms with Gasteiger partial charge in [-0.25, -0.2) is 0 Å². The molecule has 1 spiro atoms. The van der Waals surface area contributed by atoms with E-state index in [0.717, 1.165) is 0 Å². The first-order chi connectivity index (χ1) is 21.3. The van der Waals surface area contributed by atoms with E-state index in [0.29, 0.717) is 28.5 Å². The standard InChI is InChI=1S/C35H32ClN3O5/c1-34-18-8-20-37(25-12-6-3-7-13-25)31(41)28(34)29-32(42)39(27(22-40)23-10-4-2-5-11-23)30-33(43)38(21-9-19-35(29,30)44-34)26-16-14-24(36)15-17-26/h2-19,27-30,40H,20-22H2,1H3/t27-,28+,29+,30?,34-,35+/m1/s1. The average molecular weight is 610 g/mol. The molecule has 1 N–H and O–H groups in total. The van der Waals surface area contributed by atoms with E-state index in [9.17, 15) is 19.5 Å². The van der Waals surface area contributed by atoms with Crippen molar-refractivity contribution in [2.45, 2.75) is 30.2 Å². The van der Waals surface area contributed by atoms with Gasteiger partial charge in [-0.1, -0.05) is 84.4 Å².